The standard InChI is InChI=1S/C25H25N3O3S2/c1-3-28(4-2)33(30,31)21-15-11-18(12-16-21)23(29)17-26-20-13-9-19(10-14-20)25-27-22-7-5-6-8-24(22)32-25/h5-16,26H,3-4,17H2,1-2H3. The van der Waals surface area contributed by atoms with E-state index in [4.69, 9.17) is 0 Å². The zero-order valence-electron chi connectivity index (χ0n) is 18.5. The van der Waals surface area contributed by atoms with Gasteiger partial charge in [-0.25, -0.2) is 13.4 Å². The summed E-state index contributed by atoms with van der Waals surface area (Å²) in [6.07, 6.45) is 0. The summed E-state index contributed by atoms with van der Waals surface area (Å²) in [5, 5.41) is 4.09. The van der Waals surface area contributed by atoms with Gasteiger partial charge in [0.2, 0.25) is 10.0 Å². The number of carbonyl (C=O) groups is 1. The van der Waals surface area contributed by atoms with Gasteiger partial charge in [-0.15, -0.1) is 11.3 Å². The number of Topliss-reactive ketones (excluding diaryl/α,β-unsaturated/α-hetero) is 1. The lowest BCUT2D eigenvalue weighted by Crippen LogP contribution is -2.30. The number of anilines is 1. The smallest absolute Gasteiger partial charge is 0.243 e. The van der Waals surface area contributed by atoms with Crippen molar-refractivity contribution in [2.75, 3.05) is 25.0 Å². The number of rotatable bonds is 9. The Labute approximate surface area is 198 Å². The number of thiazole rings is 1. The molecule has 33 heavy (non-hydrogen) atoms. The quantitative estimate of drug-likeness (QED) is 0.330. The molecule has 170 valence electrons. The molecule has 0 amide bonds. The first kappa shape index (κ1) is 23.1. The number of para-hydroxylation sites is 1. The lowest BCUT2D eigenvalue weighted by molar-refractivity contribution is 0.101. The van der Waals surface area contributed by atoms with Gasteiger partial charge in [-0.1, -0.05) is 26.0 Å². The average molecular weight is 480 g/mol. The molecule has 0 spiro atoms. The molecule has 0 fully saturated rings. The maximum Gasteiger partial charge on any atom is 0.243 e. The third-order valence-corrected chi connectivity index (χ3v) is 8.55. The summed E-state index contributed by atoms with van der Waals surface area (Å²) >= 11 is 1.65. The Morgan fingerprint density at radius 1 is 0.939 bits per heavy atom. The fraction of sp³-hybridized carbons (Fsp3) is 0.200. The Morgan fingerprint density at radius 3 is 2.24 bits per heavy atom. The van der Waals surface area contributed by atoms with E-state index in [2.05, 4.69) is 16.4 Å². The van der Waals surface area contributed by atoms with Crippen molar-refractivity contribution in [3.63, 3.8) is 0 Å². The van der Waals surface area contributed by atoms with Crippen LogP contribution in [0, 0.1) is 0 Å². The van der Waals surface area contributed by atoms with E-state index < -0.39 is 10.0 Å². The van der Waals surface area contributed by atoms with Crippen LogP contribution in [0.1, 0.15) is 24.2 Å². The highest BCUT2D eigenvalue weighted by atomic mass is 32.2. The number of nitrogens with one attached hydrogen (secondary N) is 1. The van der Waals surface area contributed by atoms with Crippen LogP contribution in [0.15, 0.2) is 77.7 Å². The van der Waals surface area contributed by atoms with Crippen molar-refractivity contribution in [3.05, 3.63) is 78.4 Å². The van der Waals surface area contributed by atoms with E-state index in [1.54, 1.807) is 37.3 Å². The van der Waals surface area contributed by atoms with Crippen molar-refractivity contribution >= 4 is 43.0 Å². The zero-order chi connectivity index (χ0) is 23.4. The Morgan fingerprint density at radius 2 is 1.61 bits per heavy atom. The van der Waals surface area contributed by atoms with Gasteiger partial charge in [0.15, 0.2) is 5.78 Å². The third kappa shape index (κ3) is 4.98. The molecule has 3 aromatic carbocycles. The van der Waals surface area contributed by atoms with Gasteiger partial charge >= 0.3 is 0 Å². The van der Waals surface area contributed by atoms with E-state index in [9.17, 15) is 13.2 Å². The average Bonchev–Trinajstić information content (AvgIpc) is 3.28. The summed E-state index contributed by atoms with van der Waals surface area (Å²) in [6, 6.07) is 22.0. The SMILES string of the molecule is CCN(CC)S(=O)(=O)c1ccc(C(=O)CNc2ccc(-c3nc4ccccc4s3)cc2)cc1. The minimum atomic E-state index is -3.53. The number of sulfonamides is 1. The van der Waals surface area contributed by atoms with Crippen LogP contribution in [-0.4, -0.2) is 43.1 Å². The number of carbonyl (C=O) groups excluding carboxylic acids is 1. The third-order valence-electron chi connectivity index (χ3n) is 5.40. The predicted octanol–water partition coefficient (Wildman–Crippen LogP) is 5.29. The van der Waals surface area contributed by atoms with Gasteiger partial charge in [0, 0.05) is 29.9 Å². The largest absolute Gasteiger partial charge is 0.378 e. The molecule has 1 heterocycles. The zero-order valence-corrected chi connectivity index (χ0v) is 20.1. The van der Waals surface area contributed by atoms with E-state index in [1.165, 1.54) is 16.4 Å². The van der Waals surface area contributed by atoms with Gasteiger partial charge in [0.1, 0.15) is 5.01 Å². The number of hydrogen-bond acceptors (Lipinski definition) is 6. The van der Waals surface area contributed by atoms with Gasteiger partial charge in [-0.3, -0.25) is 4.79 Å². The molecule has 0 aliphatic rings. The Balaban J connectivity index is 1.39. The van der Waals surface area contributed by atoms with Crippen LogP contribution in [0.25, 0.3) is 20.8 Å². The highest BCUT2D eigenvalue weighted by Gasteiger charge is 2.21. The Hall–Kier alpha value is -3.07. The van der Waals surface area contributed by atoms with Crippen LogP contribution in [0.2, 0.25) is 0 Å². The fourth-order valence-corrected chi connectivity index (χ4v) is 5.97. The second-order valence-electron chi connectivity index (χ2n) is 7.45. The molecule has 1 N–H and O–H groups in total. The number of ketones is 1. The minimum absolute atomic E-state index is 0.114. The second-order valence-corrected chi connectivity index (χ2v) is 10.4. The monoisotopic (exact) mass is 479 g/mol. The number of hydrogen-bond donors (Lipinski definition) is 1. The maximum absolute atomic E-state index is 12.6. The molecule has 4 rings (SSSR count). The molecule has 0 saturated heterocycles. The predicted molar refractivity (Wildman–Crippen MR) is 134 cm³/mol. The van der Waals surface area contributed by atoms with Gasteiger partial charge in [0.25, 0.3) is 0 Å². The van der Waals surface area contributed by atoms with E-state index in [0.29, 0.717) is 18.7 Å². The summed E-state index contributed by atoms with van der Waals surface area (Å²) in [5.41, 5.74) is 3.31. The number of benzene rings is 3. The summed E-state index contributed by atoms with van der Waals surface area (Å²) in [5.74, 6) is -0.114. The molecular weight excluding hydrogens is 454 g/mol. The first-order chi connectivity index (χ1) is 15.9. The molecular formula is C25H25N3O3S2. The highest BCUT2D eigenvalue weighted by molar-refractivity contribution is 7.89. The van der Waals surface area contributed by atoms with Crippen molar-refractivity contribution in [1.29, 1.82) is 0 Å². The molecule has 0 bridgehead atoms. The van der Waals surface area contributed by atoms with Crippen LogP contribution in [0.4, 0.5) is 5.69 Å². The molecule has 0 aliphatic carbocycles. The van der Waals surface area contributed by atoms with Crippen LogP contribution in [0.5, 0.6) is 0 Å². The van der Waals surface area contributed by atoms with E-state index >= 15 is 0 Å². The van der Waals surface area contributed by atoms with Gasteiger partial charge < -0.3 is 5.32 Å². The maximum atomic E-state index is 12.6. The van der Waals surface area contributed by atoms with E-state index in [0.717, 1.165) is 26.5 Å². The van der Waals surface area contributed by atoms with Gasteiger partial charge in [0.05, 0.1) is 21.7 Å². The van der Waals surface area contributed by atoms with Crippen molar-refractivity contribution in [3.8, 4) is 10.6 Å². The molecule has 0 atom stereocenters. The molecule has 0 aliphatic heterocycles. The molecule has 0 saturated carbocycles. The number of fused-ring (bicyclic) bond motifs is 1. The van der Waals surface area contributed by atoms with Crippen molar-refractivity contribution in [2.24, 2.45) is 0 Å². The molecule has 6 nitrogen and oxygen atoms in total. The molecule has 0 unspecified atom stereocenters. The van der Waals surface area contributed by atoms with Gasteiger partial charge in [-0.2, -0.15) is 4.31 Å². The van der Waals surface area contributed by atoms with E-state index in [1.807, 2.05) is 42.5 Å². The van der Waals surface area contributed by atoms with Crippen molar-refractivity contribution < 1.29 is 13.2 Å². The van der Waals surface area contributed by atoms with E-state index in [-0.39, 0.29) is 17.2 Å². The summed E-state index contributed by atoms with van der Waals surface area (Å²) < 4.78 is 27.7. The lowest BCUT2D eigenvalue weighted by Gasteiger charge is -2.18. The molecule has 0 radical (unpaired) electrons. The summed E-state index contributed by atoms with van der Waals surface area (Å²) in [7, 11) is -3.53. The van der Waals surface area contributed by atoms with Crippen LogP contribution in [-0.2, 0) is 10.0 Å². The molecule has 8 heteroatoms. The number of aromatic nitrogens is 1. The first-order valence-corrected chi connectivity index (χ1v) is 13.0. The Kier molecular flexibility index (Phi) is 6.88. The van der Waals surface area contributed by atoms with Crippen LogP contribution >= 0.6 is 11.3 Å². The topological polar surface area (TPSA) is 79.4 Å². The fourth-order valence-electron chi connectivity index (χ4n) is 3.54. The summed E-state index contributed by atoms with van der Waals surface area (Å²) in [4.78, 5) is 17.4. The normalized spacial score (nSPS) is 11.7. The van der Waals surface area contributed by atoms with Crippen LogP contribution in [0.3, 0.4) is 0 Å². The summed E-state index contributed by atoms with van der Waals surface area (Å²) in [6.45, 7) is 4.53. The van der Waals surface area contributed by atoms with Crippen LogP contribution < -0.4 is 5.32 Å². The lowest BCUT2D eigenvalue weighted by atomic mass is 10.1. The molecule has 1 aromatic heterocycles. The molecule has 4 aromatic rings. The minimum Gasteiger partial charge on any atom is -0.378 e. The Bertz CT molecular complexity index is 1330. The first-order valence-electron chi connectivity index (χ1n) is 10.8. The number of nitrogens with zero attached hydrogens (tertiary/aromatic N) is 2. The van der Waals surface area contributed by atoms with Gasteiger partial charge in [-0.05, 0) is 60.7 Å². The van der Waals surface area contributed by atoms with Crippen molar-refractivity contribution in [1.82, 2.24) is 9.29 Å². The second kappa shape index (κ2) is 9.82. The van der Waals surface area contributed by atoms with Crippen molar-refractivity contribution in [2.45, 2.75) is 18.7 Å². The highest BCUT2D eigenvalue weighted by Crippen LogP contribution is 2.30.